The first-order chi connectivity index (χ1) is 17.4. The van der Waals surface area contributed by atoms with Gasteiger partial charge in [-0.05, 0) is 35.0 Å². The fourth-order valence-corrected chi connectivity index (χ4v) is 5.60. The number of benzene rings is 3. The van der Waals surface area contributed by atoms with Gasteiger partial charge in [-0.15, -0.1) is 0 Å². The van der Waals surface area contributed by atoms with Crippen molar-refractivity contribution in [1.29, 1.82) is 0 Å². The van der Waals surface area contributed by atoms with Crippen molar-refractivity contribution in [3.05, 3.63) is 107 Å². The molecule has 1 fully saturated rings. The molecule has 1 saturated heterocycles. The molecule has 6 nitrogen and oxygen atoms in total. The van der Waals surface area contributed by atoms with Gasteiger partial charge in [0.1, 0.15) is 17.6 Å². The number of pyridine rings is 1. The number of nitrogens with zero attached hydrogens (tertiary/aromatic N) is 3. The van der Waals surface area contributed by atoms with Crippen molar-refractivity contribution in [3.8, 4) is 0 Å². The lowest BCUT2D eigenvalue weighted by Gasteiger charge is -2.22. The normalized spacial score (nSPS) is 17.4. The number of thiazole rings is 1. The highest BCUT2D eigenvalue weighted by molar-refractivity contribution is 7.22. The van der Waals surface area contributed by atoms with E-state index in [2.05, 4.69) is 9.97 Å². The Bertz CT molecular complexity index is 1690. The molecule has 36 heavy (non-hydrogen) atoms. The van der Waals surface area contributed by atoms with Crippen LogP contribution in [-0.4, -0.2) is 26.8 Å². The Morgan fingerprint density at radius 2 is 1.81 bits per heavy atom. The van der Waals surface area contributed by atoms with Gasteiger partial charge in [0.25, 0.3) is 5.78 Å². The smallest absolute Gasteiger partial charge is 0.301 e. The van der Waals surface area contributed by atoms with Crippen LogP contribution in [-0.2, 0) is 9.59 Å². The molecule has 1 unspecified atom stereocenters. The maximum atomic E-state index is 14.1. The number of carbonyl (C=O) groups excluding carboxylic acids is 2. The minimum Gasteiger partial charge on any atom is -0.507 e. The molecule has 0 saturated carbocycles. The highest BCUT2D eigenvalue weighted by Crippen LogP contribution is 2.44. The summed E-state index contributed by atoms with van der Waals surface area (Å²) in [7, 11) is 0. The van der Waals surface area contributed by atoms with Gasteiger partial charge in [0, 0.05) is 11.8 Å². The van der Waals surface area contributed by atoms with Crippen molar-refractivity contribution in [1.82, 2.24) is 9.97 Å². The second-order valence-corrected chi connectivity index (χ2v) is 9.60. The number of fused-ring (bicyclic) bond motifs is 2. The lowest BCUT2D eigenvalue weighted by molar-refractivity contribution is -0.132. The van der Waals surface area contributed by atoms with E-state index in [4.69, 9.17) is 11.6 Å². The first-order valence-corrected chi connectivity index (χ1v) is 12.1. The molecule has 1 aliphatic rings. The number of rotatable bonds is 3. The Morgan fingerprint density at radius 1 is 1.03 bits per heavy atom. The number of hydrogen-bond acceptors (Lipinski definition) is 6. The molecule has 0 aliphatic carbocycles. The predicted octanol–water partition coefficient (Wildman–Crippen LogP) is 6.26. The van der Waals surface area contributed by atoms with Gasteiger partial charge in [-0.25, -0.2) is 9.37 Å². The number of aliphatic hydroxyl groups is 1. The van der Waals surface area contributed by atoms with Gasteiger partial charge >= 0.3 is 5.91 Å². The maximum Gasteiger partial charge on any atom is 0.301 e. The summed E-state index contributed by atoms with van der Waals surface area (Å²) in [6, 6.07) is 19.5. The summed E-state index contributed by atoms with van der Waals surface area (Å²) < 4.78 is 14.5. The fraction of sp³-hybridized carbons (Fsp3) is 0.0370. The van der Waals surface area contributed by atoms with Crippen LogP contribution in [0.4, 0.5) is 9.52 Å². The third-order valence-corrected chi connectivity index (χ3v) is 7.39. The van der Waals surface area contributed by atoms with Crippen molar-refractivity contribution < 1.29 is 19.1 Å². The summed E-state index contributed by atoms with van der Waals surface area (Å²) in [4.78, 5) is 36.8. The topological polar surface area (TPSA) is 83.4 Å². The Morgan fingerprint density at radius 3 is 2.61 bits per heavy atom. The van der Waals surface area contributed by atoms with E-state index < -0.39 is 23.5 Å². The van der Waals surface area contributed by atoms with Crippen LogP contribution in [0.5, 0.6) is 0 Å². The third-order valence-electron chi connectivity index (χ3n) is 6.08. The molecule has 0 bridgehead atoms. The largest absolute Gasteiger partial charge is 0.507 e. The second kappa shape index (κ2) is 8.51. The molecule has 3 aromatic carbocycles. The minimum absolute atomic E-state index is 0.0985. The van der Waals surface area contributed by atoms with E-state index in [0.29, 0.717) is 21.5 Å². The molecule has 1 N–H and O–H groups in total. The summed E-state index contributed by atoms with van der Waals surface area (Å²) in [5, 5.41) is 13.2. The summed E-state index contributed by atoms with van der Waals surface area (Å²) in [5.74, 6) is -2.64. The van der Waals surface area contributed by atoms with E-state index in [9.17, 15) is 19.1 Å². The minimum atomic E-state index is -1.04. The molecule has 1 aliphatic heterocycles. The van der Waals surface area contributed by atoms with Gasteiger partial charge in [0.05, 0.1) is 26.5 Å². The predicted molar refractivity (Wildman–Crippen MR) is 138 cm³/mol. The van der Waals surface area contributed by atoms with Crippen LogP contribution in [0.2, 0.25) is 5.02 Å². The van der Waals surface area contributed by atoms with Crippen LogP contribution < -0.4 is 4.90 Å². The van der Waals surface area contributed by atoms with Gasteiger partial charge in [-0.1, -0.05) is 71.5 Å². The molecule has 176 valence electrons. The van der Waals surface area contributed by atoms with Crippen LogP contribution in [0.3, 0.4) is 0 Å². The van der Waals surface area contributed by atoms with Crippen molar-refractivity contribution in [2.75, 3.05) is 4.90 Å². The lowest BCUT2D eigenvalue weighted by Crippen LogP contribution is -2.29. The number of aromatic nitrogens is 2. The van der Waals surface area contributed by atoms with Crippen LogP contribution in [0.15, 0.2) is 84.6 Å². The monoisotopic (exact) mass is 515 g/mol. The summed E-state index contributed by atoms with van der Waals surface area (Å²) in [6.07, 6.45) is 1.54. The van der Waals surface area contributed by atoms with Gasteiger partial charge < -0.3 is 5.11 Å². The van der Waals surface area contributed by atoms with E-state index in [1.807, 2.05) is 30.3 Å². The number of halogens is 2. The Labute approximate surface area is 212 Å². The molecule has 2 aromatic heterocycles. The average Bonchev–Trinajstić information content (AvgIpc) is 3.41. The maximum absolute atomic E-state index is 14.1. The third kappa shape index (κ3) is 3.45. The van der Waals surface area contributed by atoms with Crippen molar-refractivity contribution in [2.45, 2.75) is 6.04 Å². The van der Waals surface area contributed by atoms with Gasteiger partial charge in [-0.2, -0.15) is 0 Å². The number of ketones is 1. The number of aliphatic hydroxyl groups excluding tert-OH is 1. The van der Waals surface area contributed by atoms with Crippen LogP contribution >= 0.6 is 22.9 Å². The first-order valence-electron chi connectivity index (χ1n) is 10.9. The van der Waals surface area contributed by atoms with Crippen molar-refractivity contribution >= 4 is 66.5 Å². The Kier molecular flexibility index (Phi) is 5.28. The summed E-state index contributed by atoms with van der Waals surface area (Å²) in [6.45, 7) is 0. The van der Waals surface area contributed by atoms with E-state index >= 15 is 0 Å². The Balaban J connectivity index is 1.60. The molecule has 5 aromatic rings. The Hall–Kier alpha value is -4.14. The van der Waals surface area contributed by atoms with Crippen molar-refractivity contribution in [3.63, 3.8) is 0 Å². The number of amides is 1. The summed E-state index contributed by atoms with van der Waals surface area (Å²) >= 11 is 6.96. The number of carbonyl (C=O) groups is 2. The lowest BCUT2D eigenvalue weighted by atomic mass is 9.95. The number of Topliss-reactive ketones (excluding diaryl/α,β-unsaturated/α-hetero) is 1. The first kappa shape index (κ1) is 22.3. The van der Waals surface area contributed by atoms with Crippen molar-refractivity contribution in [2.24, 2.45) is 0 Å². The van der Waals surface area contributed by atoms with Crippen LogP contribution in [0.1, 0.15) is 17.3 Å². The standard InChI is InChI=1S/C27H15ClFN3O3S/c28-17-12-20-21(13-18(17)29)36-27(31-20)32-23(19-10-3-4-11-30-19)22(25(34)26(32)35)24(33)16-9-5-7-14-6-1-2-8-15(14)16/h1-13,23,33H/b24-22+. The fourth-order valence-electron chi connectivity index (χ4n) is 4.44. The van der Waals surface area contributed by atoms with E-state index in [1.165, 1.54) is 17.0 Å². The SMILES string of the molecule is O=C1C(=O)N(c2nc3cc(Cl)c(F)cc3s2)C(c2ccccn2)/C1=C(\O)c1cccc2ccccc12. The number of hydrogen-bond donors (Lipinski definition) is 1. The molecular formula is C27H15ClFN3O3S. The van der Waals surface area contributed by atoms with E-state index in [0.717, 1.165) is 22.1 Å². The average molecular weight is 516 g/mol. The van der Waals surface area contributed by atoms with Crippen LogP contribution in [0, 0.1) is 5.82 Å². The van der Waals surface area contributed by atoms with Gasteiger partial charge in [-0.3, -0.25) is 19.5 Å². The molecular weight excluding hydrogens is 501 g/mol. The van der Waals surface area contributed by atoms with E-state index in [-0.39, 0.29) is 21.5 Å². The summed E-state index contributed by atoms with van der Waals surface area (Å²) in [5.41, 5.74) is 1.09. The quantitative estimate of drug-likeness (QED) is 0.174. The highest BCUT2D eigenvalue weighted by atomic mass is 35.5. The van der Waals surface area contributed by atoms with E-state index in [1.54, 1.807) is 36.5 Å². The zero-order valence-corrected chi connectivity index (χ0v) is 19.9. The molecule has 1 atom stereocenters. The van der Waals surface area contributed by atoms with Crippen LogP contribution in [0.25, 0.3) is 26.7 Å². The molecule has 6 rings (SSSR count). The molecule has 3 heterocycles. The highest BCUT2D eigenvalue weighted by Gasteiger charge is 2.49. The zero-order chi connectivity index (χ0) is 25.0. The van der Waals surface area contributed by atoms with Gasteiger partial charge in [0.2, 0.25) is 0 Å². The molecule has 0 radical (unpaired) electrons. The second-order valence-electron chi connectivity index (χ2n) is 8.18. The molecule has 1 amide bonds. The number of anilines is 1. The molecule has 9 heteroatoms. The van der Waals surface area contributed by atoms with Gasteiger partial charge in [0.15, 0.2) is 5.13 Å². The zero-order valence-electron chi connectivity index (χ0n) is 18.4. The molecule has 0 spiro atoms.